The van der Waals surface area contributed by atoms with Crippen LogP contribution in [0.4, 0.5) is 39.4 Å². The predicted molar refractivity (Wildman–Crippen MR) is 286 cm³/mol. The van der Waals surface area contributed by atoms with Crippen LogP contribution in [0.25, 0.3) is 10.4 Å². The first-order valence-corrected chi connectivity index (χ1v) is 27.5. The van der Waals surface area contributed by atoms with Gasteiger partial charge in [-0.3, -0.25) is 19.2 Å². The number of aryl methyl sites for hydroxylation is 1. The van der Waals surface area contributed by atoms with E-state index in [0.717, 1.165) is 45.6 Å². The Labute approximate surface area is 461 Å². The first-order chi connectivity index (χ1) is 37.5. The Morgan fingerprint density at radius 3 is 2.08 bits per heavy atom. The third-order valence-electron chi connectivity index (χ3n) is 14.1. The van der Waals surface area contributed by atoms with Gasteiger partial charge in [-0.25, -0.2) is 23.7 Å². The van der Waals surface area contributed by atoms with E-state index in [1.807, 2.05) is 58.9 Å². The number of alkyl halides is 5. The van der Waals surface area contributed by atoms with Crippen LogP contribution in [0, 0.1) is 12.3 Å². The van der Waals surface area contributed by atoms with Gasteiger partial charge < -0.3 is 54.7 Å². The predicted octanol–water partition coefficient (Wildman–Crippen LogP) is 7.44. The molecule has 4 N–H and O–H groups in total. The van der Waals surface area contributed by atoms with Crippen molar-refractivity contribution in [2.45, 2.75) is 115 Å². The molecule has 18 nitrogen and oxygen atoms in total. The molecule has 3 saturated heterocycles. The third kappa shape index (κ3) is 17.5. The molecule has 1 aromatic carbocycles. The van der Waals surface area contributed by atoms with Crippen LogP contribution in [0.15, 0.2) is 60.2 Å². The van der Waals surface area contributed by atoms with Crippen molar-refractivity contribution in [3.63, 3.8) is 0 Å². The Bertz CT molecular complexity index is 2670. The molecule has 0 radical (unpaired) electrons. The highest BCUT2D eigenvalue weighted by Gasteiger charge is 2.45. The van der Waals surface area contributed by atoms with Gasteiger partial charge in [-0.2, -0.15) is 13.2 Å². The number of benzene rings is 1. The fourth-order valence-corrected chi connectivity index (χ4v) is 10.5. The topological polar surface area (TPSA) is 210 Å². The lowest BCUT2D eigenvalue weighted by atomic mass is 9.85. The lowest BCUT2D eigenvalue weighted by Gasteiger charge is -2.35. The maximum Gasteiger partial charge on any atom is 0.416 e. The molecule has 24 heteroatoms. The largest absolute Gasteiger partial charge is 0.416 e. The van der Waals surface area contributed by atoms with Crippen molar-refractivity contribution < 1.29 is 65.2 Å². The standard InChI is InChI=1S/C55H72F5N9O9S/c1-35(37-6-8-39(9-7-37)49-36(2)62-34-79-49)63-51(73)43-31-42(70)32-69(43)52(74)50(53(3,4)5)66-47(71)13-20-75-22-24-77-26-27-78-25-23-76-21-14-48(72)67-17-11-38(12-18-67)40-28-45(64-44-30-41(10-16-61-44)55(58,59)60)65-46(29-40)68-19-15-54(56,57)33-68/h6-10,16,28-30,34-35,38,42-43,50,70H,11-15,17-27,31-33H2,1-5H3,(H,63,73)(H,66,71)(H,61,64,65)/t35-,42+,43-,50+/m0/s1. The molecule has 4 amide bonds. The molecule has 0 bridgehead atoms. The number of hydrogen-bond donors (Lipinski definition) is 4. The first-order valence-electron chi connectivity index (χ1n) is 26.7. The lowest BCUT2D eigenvalue weighted by Crippen LogP contribution is -2.58. The number of aromatic nitrogens is 3. The number of carbonyl (C=O) groups is 4. The van der Waals surface area contributed by atoms with Gasteiger partial charge in [-0.1, -0.05) is 45.0 Å². The molecular weight excluding hydrogens is 1060 g/mol. The number of likely N-dealkylation sites (tertiary alicyclic amines) is 2. The van der Waals surface area contributed by atoms with Gasteiger partial charge >= 0.3 is 6.18 Å². The zero-order valence-electron chi connectivity index (χ0n) is 45.3. The molecule has 0 spiro atoms. The Morgan fingerprint density at radius 1 is 0.835 bits per heavy atom. The van der Waals surface area contributed by atoms with E-state index in [-0.39, 0.29) is 120 Å². The van der Waals surface area contributed by atoms with Gasteiger partial charge in [0.1, 0.15) is 29.5 Å². The first kappa shape index (κ1) is 60.7. The van der Waals surface area contributed by atoms with E-state index in [0.29, 0.717) is 32.5 Å². The van der Waals surface area contributed by atoms with E-state index in [9.17, 15) is 46.2 Å². The van der Waals surface area contributed by atoms with E-state index in [1.54, 1.807) is 33.9 Å². The molecule has 6 heterocycles. The van der Waals surface area contributed by atoms with Gasteiger partial charge in [0.15, 0.2) is 0 Å². The second kappa shape index (κ2) is 27.5. The highest BCUT2D eigenvalue weighted by Crippen LogP contribution is 2.37. The summed E-state index contributed by atoms with van der Waals surface area (Å²) >= 11 is 1.56. The summed E-state index contributed by atoms with van der Waals surface area (Å²) in [5, 5.41) is 19.3. The second-order valence-corrected chi connectivity index (χ2v) is 22.1. The van der Waals surface area contributed by atoms with Crippen LogP contribution in [0.3, 0.4) is 0 Å². The summed E-state index contributed by atoms with van der Waals surface area (Å²) in [6, 6.07) is 10.8. The molecule has 3 aliphatic rings. The van der Waals surface area contributed by atoms with Crippen LogP contribution < -0.4 is 20.9 Å². The second-order valence-electron chi connectivity index (χ2n) is 21.2. The van der Waals surface area contributed by atoms with Gasteiger partial charge in [0.2, 0.25) is 23.6 Å². The number of hydrogen-bond acceptors (Lipinski definition) is 15. The van der Waals surface area contributed by atoms with Crippen molar-refractivity contribution in [1.29, 1.82) is 0 Å². The number of halogens is 5. The number of ether oxygens (including phenoxy) is 4. The maximum atomic E-state index is 14.2. The molecule has 3 fully saturated rings. The number of aliphatic hydroxyl groups excluding tert-OH is 1. The number of anilines is 3. The highest BCUT2D eigenvalue weighted by atomic mass is 32.1. The van der Waals surface area contributed by atoms with Gasteiger partial charge in [-0.15, -0.1) is 11.3 Å². The van der Waals surface area contributed by atoms with Crippen molar-refractivity contribution in [1.82, 2.24) is 35.4 Å². The van der Waals surface area contributed by atoms with Crippen LogP contribution in [-0.2, 0) is 44.3 Å². The van der Waals surface area contributed by atoms with E-state index in [1.165, 1.54) is 9.80 Å². The molecule has 3 aliphatic heterocycles. The summed E-state index contributed by atoms with van der Waals surface area (Å²) < 4.78 is 90.9. The quantitative estimate of drug-likeness (QED) is 0.0376. The van der Waals surface area contributed by atoms with Gasteiger partial charge in [0.05, 0.1) is 99.6 Å². The Morgan fingerprint density at radius 2 is 1.48 bits per heavy atom. The van der Waals surface area contributed by atoms with E-state index in [4.69, 9.17) is 18.9 Å². The molecule has 4 aromatic rings. The van der Waals surface area contributed by atoms with Gasteiger partial charge in [0, 0.05) is 51.6 Å². The highest BCUT2D eigenvalue weighted by molar-refractivity contribution is 7.13. The summed E-state index contributed by atoms with van der Waals surface area (Å²) in [5.41, 5.74) is 3.83. The van der Waals surface area contributed by atoms with Crippen molar-refractivity contribution in [2.24, 2.45) is 5.41 Å². The number of pyridine rings is 2. The Balaban J connectivity index is 0.733. The Hall–Kier alpha value is -5.92. The van der Waals surface area contributed by atoms with Gasteiger partial charge in [0.25, 0.3) is 5.92 Å². The fraction of sp³-hybridized carbons (Fsp3) is 0.582. The molecule has 3 aromatic heterocycles. The number of carbonyl (C=O) groups excluding carboxylic acids is 4. The number of aliphatic hydroxyl groups is 1. The minimum Gasteiger partial charge on any atom is -0.391 e. The number of nitrogens with one attached hydrogen (secondary N) is 3. The fourth-order valence-electron chi connectivity index (χ4n) is 9.69. The number of β-amino-alcohol motifs (C(OH)–C–C–N with tert-alkyl or cyclic N) is 1. The molecule has 0 aliphatic carbocycles. The van der Waals surface area contributed by atoms with Crippen molar-refractivity contribution in [2.75, 3.05) is 95.8 Å². The number of piperidine rings is 1. The van der Waals surface area contributed by atoms with Crippen molar-refractivity contribution in [3.8, 4) is 10.4 Å². The monoisotopic (exact) mass is 1130 g/mol. The van der Waals surface area contributed by atoms with Crippen LogP contribution in [0.1, 0.15) is 101 Å². The van der Waals surface area contributed by atoms with Gasteiger partial charge in [-0.05, 0) is 79.0 Å². The minimum atomic E-state index is -4.58. The summed E-state index contributed by atoms with van der Waals surface area (Å²) in [6.07, 6.45) is -3.40. The molecule has 7 rings (SSSR count). The summed E-state index contributed by atoms with van der Waals surface area (Å²) in [7, 11) is 0. The molecular formula is C55H72F5N9O9S. The van der Waals surface area contributed by atoms with E-state index >= 15 is 0 Å². The summed E-state index contributed by atoms with van der Waals surface area (Å²) in [5.74, 6) is -3.88. The molecule has 79 heavy (non-hydrogen) atoms. The summed E-state index contributed by atoms with van der Waals surface area (Å²) in [6.45, 7) is 11.6. The molecule has 4 atom stereocenters. The zero-order valence-corrected chi connectivity index (χ0v) is 46.1. The van der Waals surface area contributed by atoms with Crippen LogP contribution in [0.2, 0.25) is 0 Å². The van der Waals surface area contributed by atoms with E-state index < -0.39 is 65.5 Å². The lowest BCUT2D eigenvalue weighted by molar-refractivity contribution is -0.144. The third-order valence-corrected chi connectivity index (χ3v) is 15.1. The molecule has 0 unspecified atom stereocenters. The van der Waals surface area contributed by atoms with Crippen LogP contribution >= 0.6 is 11.3 Å². The number of nitrogens with zero attached hydrogens (tertiary/aromatic N) is 6. The Kier molecular flexibility index (Phi) is 21.1. The van der Waals surface area contributed by atoms with Crippen molar-refractivity contribution in [3.05, 3.63) is 82.6 Å². The smallest absolute Gasteiger partial charge is 0.391 e. The van der Waals surface area contributed by atoms with Crippen molar-refractivity contribution >= 4 is 52.4 Å². The average molecular weight is 1130 g/mol. The maximum absolute atomic E-state index is 14.2. The normalized spacial score (nSPS) is 18.6. The average Bonchev–Trinajstić information content (AvgIpc) is 4.19. The zero-order chi connectivity index (χ0) is 56.9. The number of thiazole rings is 1. The van der Waals surface area contributed by atoms with Crippen LogP contribution in [0.5, 0.6) is 0 Å². The van der Waals surface area contributed by atoms with E-state index in [2.05, 4.69) is 30.9 Å². The molecule has 0 saturated carbocycles. The summed E-state index contributed by atoms with van der Waals surface area (Å²) in [4.78, 5) is 72.3. The molecule has 432 valence electrons. The minimum absolute atomic E-state index is 0.0174. The number of rotatable bonds is 25. The SMILES string of the molecule is Cc1ncsc1-c1ccc([C@H](C)NC(=O)[C@@H]2C[C@@H](O)CN2C(=O)[C@@H](NC(=O)CCOCCOCCOCCOCCC(=O)N2CCC(c3cc(Nc4cc(C(F)(F)F)ccn4)nc(N4CCC(F)(F)C4)c3)CC2)C(C)(C)C)cc1. The number of amides is 4. The van der Waals surface area contributed by atoms with Crippen LogP contribution in [-0.4, -0.2) is 163 Å².